The number of likely N-dealkylation sites (N-methyl/N-ethyl adjacent to an activating group) is 1. The fraction of sp³-hybridized carbons (Fsp3) is 0.478. The lowest BCUT2D eigenvalue weighted by atomic mass is 10.1. The maximum atomic E-state index is 12.6. The number of fused-ring (bicyclic) bond motifs is 1. The number of esters is 1. The van der Waals surface area contributed by atoms with Crippen LogP contribution < -0.4 is 15.4 Å². The number of amides is 1. The van der Waals surface area contributed by atoms with Gasteiger partial charge in [0.15, 0.2) is 0 Å². The lowest BCUT2D eigenvalue weighted by Gasteiger charge is -2.22. The van der Waals surface area contributed by atoms with E-state index in [2.05, 4.69) is 21.8 Å². The molecule has 9 nitrogen and oxygen atoms in total. The first-order valence-corrected chi connectivity index (χ1v) is 10.8. The number of hydrogen-bond donors (Lipinski definition) is 1. The topological polar surface area (TPSA) is 111 Å². The Balaban J connectivity index is 1.62. The number of nitrogen functional groups attached to an aromatic ring is 1. The summed E-state index contributed by atoms with van der Waals surface area (Å²) in [5, 5.41) is 0. The molecule has 0 saturated carbocycles. The van der Waals surface area contributed by atoms with Gasteiger partial charge in [-0.3, -0.25) is 14.5 Å². The smallest absolute Gasteiger partial charge is 0.320 e. The highest BCUT2D eigenvalue weighted by Gasteiger charge is 2.32. The van der Waals surface area contributed by atoms with Crippen LogP contribution in [0.15, 0.2) is 24.3 Å². The summed E-state index contributed by atoms with van der Waals surface area (Å²) in [6, 6.07) is 8.07. The van der Waals surface area contributed by atoms with Gasteiger partial charge in [0.05, 0.1) is 26.6 Å². The lowest BCUT2D eigenvalue weighted by molar-refractivity contribution is -0.139. The molecule has 0 aliphatic carbocycles. The van der Waals surface area contributed by atoms with E-state index in [9.17, 15) is 9.59 Å². The molecule has 172 valence electrons. The molecule has 3 rings (SSSR count). The number of anilines is 2. The van der Waals surface area contributed by atoms with Gasteiger partial charge in [-0.25, -0.2) is 0 Å². The van der Waals surface area contributed by atoms with Crippen molar-refractivity contribution in [3.8, 4) is 6.01 Å². The number of hydrogen-bond acceptors (Lipinski definition) is 8. The number of unbranched alkanes of at least 4 members (excludes halogenated alkanes) is 1. The van der Waals surface area contributed by atoms with Crippen LogP contribution in [0.25, 0.3) is 0 Å². The van der Waals surface area contributed by atoms with Crippen molar-refractivity contribution < 1.29 is 19.1 Å². The summed E-state index contributed by atoms with van der Waals surface area (Å²) in [4.78, 5) is 36.5. The van der Waals surface area contributed by atoms with E-state index in [4.69, 9.17) is 15.2 Å². The van der Waals surface area contributed by atoms with E-state index in [1.54, 1.807) is 4.90 Å². The number of carbonyl (C=O) groups is 2. The minimum Gasteiger partial charge on any atom is -0.469 e. The van der Waals surface area contributed by atoms with Gasteiger partial charge in [-0.15, -0.1) is 0 Å². The highest BCUT2D eigenvalue weighted by Crippen LogP contribution is 2.31. The van der Waals surface area contributed by atoms with E-state index in [1.807, 2.05) is 31.3 Å². The standard InChI is InChI=1S/C23H31N5O4/c1-4-5-11-32-23-25-21(24)18-14-19(29)28(22(18)26-23)10-9-27(2)15-17-8-6-7-16(12-17)13-20(30)31-3/h6-8,12H,4-5,9-11,13-15H2,1-3H3,(H2,24,25,26). The third-order valence-electron chi connectivity index (χ3n) is 5.34. The molecule has 1 aromatic carbocycles. The zero-order chi connectivity index (χ0) is 23.1. The van der Waals surface area contributed by atoms with E-state index in [0.717, 1.165) is 24.0 Å². The summed E-state index contributed by atoms with van der Waals surface area (Å²) in [5.74, 6) is 0.539. The minimum absolute atomic E-state index is 0.0415. The van der Waals surface area contributed by atoms with Crippen molar-refractivity contribution in [3.63, 3.8) is 0 Å². The van der Waals surface area contributed by atoms with Crippen LogP contribution in [-0.2, 0) is 33.7 Å². The van der Waals surface area contributed by atoms with Gasteiger partial charge in [0.1, 0.15) is 11.6 Å². The summed E-state index contributed by atoms with van der Waals surface area (Å²) in [6.07, 6.45) is 2.35. The summed E-state index contributed by atoms with van der Waals surface area (Å²) >= 11 is 0. The minimum atomic E-state index is -0.263. The second-order valence-corrected chi connectivity index (χ2v) is 7.93. The second kappa shape index (κ2) is 10.9. The Morgan fingerprint density at radius 2 is 2.06 bits per heavy atom. The quantitative estimate of drug-likeness (QED) is 0.416. The largest absolute Gasteiger partial charge is 0.469 e. The van der Waals surface area contributed by atoms with E-state index >= 15 is 0 Å². The van der Waals surface area contributed by atoms with Crippen molar-refractivity contribution in [1.29, 1.82) is 0 Å². The first-order chi connectivity index (χ1) is 15.4. The molecule has 2 N–H and O–H groups in total. The molecule has 1 aliphatic heterocycles. The number of aromatic nitrogens is 2. The van der Waals surface area contributed by atoms with Crippen LogP contribution in [-0.4, -0.2) is 60.6 Å². The fourth-order valence-corrected chi connectivity index (χ4v) is 3.57. The van der Waals surface area contributed by atoms with Crippen LogP contribution in [0, 0.1) is 0 Å². The van der Waals surface area contributed by atoms with Crippen LogP contribution >= 0.6 is 0 Å². The highest BCUT2D eigenvalue weighted by atomic mass is 16.5. The third kappa shape index (κ3) is 5.94. The van der Waals surface area contributed by atoms with Crippen LogP contribution in [0.4, 0.5) is 11.6 Å². The fourth-order valence-electron chi connectivity index (χ4n) is 3.57. The second-order valence-electron chi connectivity index (χ2n) is 7.93. The molecule has 9 heteroatoms. The molecule has 0 radical (unpaired) electrons. The average Bonchev–Trinajstić information content (AvgIpc) is 3.08. The SMILES string of the molecule is CCCCOc1nc(N)c2c(n1)N(CCN(C)Cc1cccc(CC(=O)OC)c1)C(=O)C2. The number of carbonyl (C=O) groups excluding carboxylic acids is 2. The van der Waals surface area contributed by atoms with E-state index < -0.39 is 0 Å². The summed E-state index contributed by atoms with van der Waals surface area (Å²) < 4.78 is 10.3. The molecule has 1 aliphatic rings. The predicted molar refractivity (Wildman–Crippen MR) is 121 cm³/mol. The monoisotopic (exact) mass is 441 g/mol. The summed E-state index contributed by atoms with van der Waals surface area (Å²) in [5.41, 5.74) is 8.72. The van der Waals surface area contributed by atoms with Crippen molar-refractivity contribution >= 4 is 23.5 Å². The number of nitrogens with two attached hydrogens (primary N) is 1. The molecular formula is C23H31N5O4. The first kappa shape index (κ1) is 23.5. The Hall–Kier alpha value is -3.20. The van der Waals surface area contributed by atoms with Crippen LogP contribution in [0.5, 0.6) is 6.01 Å². The maximum absolute atomic E-state index is 12.6. The van der Waals surface area contributed by atoms with E-state index in [1.165, 1.54) is 7.11 Å². The van der Waals surface area contributed by atoms with Crippen LogP contribution in [0.3, 0.4) is 0 Å². The van der Waals surface area contributed by atoms with Gasteiger partial charge in [-0.05, 0) is 24.6 Å². The first-order valence-electron chi connectivity index (χ1n) is 10.8. The Morgan fingerprint density at radius 3 is 2.81 bits per heavy atom. The third-order valence-corrected chi connectivity index (χ3v) is 5.34. The number of nitrogens with zero attached hydrogens (tertiary/aromatic N) is 4. The summed E-state index contributed by atoms with van der Waals surface area (Å²) in [7, 11) is 3.37. The molecule has 0 fully saturated rings. The Morgan fingerprint density at radius 1 is 1.28 bits per heavy atom. The molecule has 0 spiro atoms. The number of methoxy groups -OCH3 is 1. The van der Waals surface area contributed by atoms with E-state index in [0.29, 0.717) is 43.4 Å². The van der Waals surface area contributed by atoms with Crippen molar-refractivity contribution in [1.82, 2.24) is 14.9 Å². The van der Waals surface area contributed by atoms with Crippen molar-refractivity contribution in [2.75, 3.05) is 44.5 Å². The Labute approximate surface area is 188 Å². The number of benzene rings is 1. The lowest BCUT2D eigenvalue weighted by Crippen LogP contribution is -2.35. The van der Waals surface area contributed by atoms with Gasteiger partial charge in [0.2, 0.25) is 5.91 Å². The normalized spacial score (nSPS) is 12.9. The molecule has 0 unspecified atom stereocenters. The summed E-state index contributed by atoms with van der Waals surface area (Å²) in [6.45, 7) is 4.40. The van der Waals surface area contributed by atoms with Crippen molar-refractivity contribution in [2.45, 2.75) is 39.2 Å². The van der Waals surface area contributed by atoms with Gasteiger partial charge in [0, 0.05) is 25.2 Å². The molecule has 0 saturated heterocycles. The van der Waals surface area contributed by atoms with Crippen LogP contribution in [0.1, 0.15) is 36.5 Å². The molecule has 1 aromatic heterocycles. The van der Waals surface area contributed by atoms with Gasteiger partial charge < -0.3 is 20.1 Å². The zero-order valence-electron chi connectivity index (χ0n) is 19.0. The van der Waals surface area contributed by atoms with Gasteiger partial charge >= 0.3 is 12.0 Å². The predicted octanol–water partition coefficient (Wildman–Crippen LogP) is 1.97. The van der Waals surface area contributed by atoms with Gasteiger partial charge in [-0.2, -0.15) is 9.97 Å². The molecule has 2 heterocycles. The number of ether oxygens (including phenoxy) is 2. The molecule has 0 bridgehead atoms. The Bertz CT molecular complexity index is 965. The molecule has 32 heavy (non-hydrogen) atoms. The van der Waals surface area contributed by atoms with Crippen molar-refractivity contribution in [2.24, 2.45) is 0 Å². The molecular weight excluding hydrogens is 410 g/mol. The van der Waals surface area contributed by atoms with Gasteiger partial charge in [0.25, 0.3) is 0 Å². The molecule has 2 aromatic rings. The van der Waals surface area contributed by atoms with Crippen LogP contribution in [0.2, 0.25) is 0 Å². The zero-order valence-corrected chi connectivity index (χ0v) is 19.0. The van der Waals surface area contributed by atoms with E-state index in [-0.39, 0.29) is 30.7 Å². The number of rotatable bonds is 11. The highest BCUT2D eigenvalue weighted by molar-refractivity contribution is 6.01. The maximum Gasteiger partial charge on any atom is 0.320 e. The van der Waals surface area contributed by atoms with Gasteiger partial charge in [-0.1, -0.05) is 37.6 Å². The Kier molecular flexibility index (Phi) is 7.99. The van der Waals surface area contributed by atoms with Crippen molar-refractivity contribution in [3.05, 3.63) is 41.0 Å². The molecule has 1 amide bonds. The average molecular weight is 442 g/mol. The molecule has 0 atom stereocenters.